The second kappa shape index (κ2) is 11.3. The van der Waals surface area contributed by atoms with E-state index in [1.165, 1.54) is 93.8 Å². The third-order valence-electron chi connectivity index (χ3n) is 11.7. The third kappa shape index (κ3) is 4.92. The van der Waals surface area contributed by atoms with E-state index in [9.17, 15) is 0 Å². The van der Waals surface area contributed by atoms with Gasteiger partial charge in [0.15, 0.2) is 18.6 Å². The first-order valence-corrected chi connectivity index (χ1v) is 19.0. The quantitative estimate of drug-likeness (QED) is 0.120. The smallest absolute Gasteiger partial charge is 0.186 e. The van der Waals surface area contributed by atoms with Gasteiger partial charge in [-0.05, 0) is 95.7 Å². The van der Waals surface area contributed by atoms with Crippen LogP contribution < -0.4 is 9.13 Å². The second-order valence-corrected chi connectivity index (χ2v) is 17.1. The zero-order valence-electron chi connectivity index (χ0n) is 31.4. The number of pyridine rings is 2. The monoisotopic (exact) mass is 684 g/mol. The zero-order chi connectivity index (χ0) is 36.2. The van der Waals surface area contributed by atoms with Gasteiger partial charge in [-0.2, -0.15) is 9.13 Å². The van der Waals surface area contributed by atoms with E-state index in [0.717, 1.165) is 0 Å². The predicted octanol–water partition coefficient (Wildman–Crippen LogP) is 12.2. The lowest BCUT2D eigenvalue weighted by atomic mass is 9.78. The van der Waals surface area contributed by atoms with Crippen molar-refractivity contribution in [2.24, 2.45) is 0 Å². The number of hydrogen-bond acceptors (Lipinski definition) is 0. The summed E-state index contributed by atoms with van der Waals surface area (Å²) in [4.78, 5) is 0. The standard InChI is InChI=1S/C51H44N2/c1-50(2,3)34-25-33(26-35(28-34)51(4,5)6)32-21-22-40-44(27-32)47-19-11-13-23-52(47)31-46-43-29-41-38-17-9-7-15-36(38)37-16-8-10-18-39(37)42(41)30-45(43)48-20-12-14-24-53(48)49(40)46/h7-31,49H,1-6H3/q+2. The number of rotatable bonds is 1. The van der Waals surface area contributed by atoms with Crippen molar-refractivity contribution in [3.63, 3.8) is 0 Å². The van der Waals surface area contributed by atoms with Gasteiger partial charge in [-0.25, -0.2) is 0 Å². The Morgan fingerprint density at radius 3 is 1.60 bits per heavy atom. The van der Waals surface area contributed by atoms with Crippen LogP contribution in [0.2, 0.25) is 0 Å². The molecule has 0 saturated carbocycles. The number of hydrogen-bond donors (Lipinski definition) is 0. The fourth-order valence-electron chi connectivity index (χ4n) is 8.87. The van der Waals surface area contributed by atoms with Gasteiger partial charge in [0.25, 0.3) is 0 Å². The van der Waals surface area contributed by atoms with E-state index in [1.54, 1.807) is 0 Å². The summed E-state index contributed by atoms with van der Waals surface area (Å²) in [6.45, 7) is 13.9. The second-order valence-electron chi connectivity index (χ2n) is 17.1. The van der Waals surface area contributed by atoms with E-state index < -0.39 is 0 Å². The molecule has 2 nitrogen and oxygen atoms in total. The number of fused-ring (bicyclic) bond motifs is 16. The molecule has 256 valence electrons. The molecule has 2 aliphatic rings. The van der Waals surface area contributed by atoms with Crippen molar-refractivity contribution < 1.29 is 9.13 Å². The Kier molecular flexibility index (Phi) is 6.80. The molecule has 0 bridgehead atoms. The van der Waals surface area contributed by atoms with E-state index in [4.69, 9.17) is 0 Å². The lowest BCUT2D eigenvalue weighted by molar-refractivity contribution is -0.691. The Morgan fingerprint density at radius 1 is 0.434 bits per heavy atom. The minimum absolute atomic E-state index is 0.00198. The van der Waals surface area contributed by atoms with Crippen molar-refractivity contribution in [3.05, 3.63) is 168 Å². The Hall–Kier alpha value is -5.86. The molecule has 2 aliphatic heterocycles. The highest BCUT2D eigenvalue weighted by molar-refractivity contribution is 6.26. The van der Waals surface area contributed by atoms with Gasteiger partial charge in [-0.1, -0.05) is 120 Å². The van der Waals surface area contributed by atoms with Gasteiger partial charge < -0.3 is 0 Å². The van der Waals surface area contributed by atoms with Gasteiger partial charge in [0, 0.05) is 35.4 Å². The average Bonchev–Trinajstić information content (AvgIpc) is 3.31. The first-order valence-electron chi connectivity index (χ1n) is 19.0. The number of nitrogens with zero attached hydrogens (tertiary/aromatic N) is 2. The highest BCUT2D eigenvalue weighted by Crippen LogP contribution is 2.48. The molecule has 1 unspecified atom stereocenters. The lowest BCUT2D eigenvalue weighted by Crippen LogP contribution is -2.45. The summed E-state index contributed by atoms with van der Waals surface area (Å²) in [7, 11) is 0. The minimum Gasteiger partial charge on any atom is -0.186 e. The third-order valence-corrected chi connectivity index (χ3v) is 11.7. The van der Waals surface area contributed by atoms with Crippen LogP contribution in [-0.4, -0.2) is 0 Å². The van der Waals surface area contributed by atoms with Gasteiger partial charge in [-0.15, -0.1) is 0 Å². The summed E-state index contributed by atoms with van der Waals surface area (Å²) in [6, 6.07) is 50.5. The molecule has 0 N–H and O–H groups in total. The number of allylic oxidation sites excluding steroid dienone is 1. The fourth-order valence-corrected chi connectivity index (χ4v) is 8.87. The molecule has 10 rings (SSSR count). The molecule has 0 radical (unpaired) electrons. The molecule has 0 amide bonds. The molecule has 2 heteroatoms. The molecule has 0 saturated heterocycles. The van der Waals surface area contributed by atoms with Gasteiger partial charge in [0.05, 0.1) is 16.7 Å². The molecule has 1 atom stereocenters. The molecule has 0 fully saturated rings. The molecule has 2 aromatic heterocycles. The normalized spacial score (nSPS) is 14.9. The lowest BCUT2D eigenvalue weighted by Gasteiger charge is -2.27. The van der Waals surface area contributed by atoms with Crippen LogP contribution in [0.25, 0.3) is 77.7 Å². The van der Waals surface area contributed by atoms with Gasteiger partial charge in [0.1, 0.15) is 0 Å². The van der Waals surface area contributed by atoms with Crippen molar-refractivity contribution in [1.29, 1.82) is 0 Å². The van der Waals surface area contributed by atoms with E-state index in [0.29, 0.717) is 0 Å². The average molecular weight is 685 g/mol. The first kappa shape index (κ1) is 31.8. The fraction of sp³-hybridized carbons (Fsp3) is 0.176. The summed E-state index contributed by atoms with van der Waals surface area (Å²) >= 11 is 0. The van der Waals surface area contributed by atoms with E-state index in [-0.39, 0.29) is 16.9 Å². The van der Waals surface area contributed by atoms with E-state index in [2.05, 4.69) is 203 Å². The van der Waals surface area contributed by atoms with Crippen LogP contribution in [0.15, 0.2) is 146 Å². The maximum Gasteiger partial charge on any atom is 0.218 e. The summed E-state index contributed by atoms with van der Waals surface area (Å²) in [5.74, 6) is 0. The molecule has 0 aliphatic carbocycles. The van der Waals surface area contributed by atoms with E-state index >= 15 is 0 Å². The summed E-state index contributed by atoms with van der Waals surface area (Å²) in [6.07, 6.45) is 6.89. The maximum absolute atomic E-state index is 2.51. The predicted molar refractivity (Wildman–Crippen MR) is 222 cm³/mol. The zero-order valence-corrected chi connectivity index (χ0v) is 31.4. The van der Waals surface area contributed by atoms with Crippen molar-refractivity contribution in [2.45, 2.75) is 58.4 Å². The van der Waals surface area contributed by atoms with Crippen LogP contribution in [0.3, 0.4) is 0 Å². The molecular formula is C51H44N2+2. The number of benzene rings is 6. The Labute approximate surface area is 312 Å². The Morgan fingerprint density at radius 2 is 0.981 bits per heavy atom. The molecular weight excluding hydrogens is 641 g/mol. The van der Waals surface area contributed by atoms with Crippen LogP contribution >= 0.6 is 0 Å². The van der Waals surface area contributed by atoms with Crippen molar-refractivity contribution in [3.8, 4) is 33.6 Å². The van der Waals surface area contributed by atoms with Crippen molar-refractivity contribution in [2.75, 3.05) is 0 Å². The van der Waals surface area contributed by atoms with Crippen LogP contribution in [-0.2, 0) is 10.8 Å². The van der Waals surface area contributed by atoms with Crippen LogP contribution in [0.4, 0.5) is 0 Å². The minimum atomic E-state index is -0.00198. The molecule has 6 aromatic carbocycles. The van der Waals surface area contributed by atoms with Gasteiger partial charge in [-0.3, -0.25) is 0 Å². The van der Waals surface area contributed by atoms with Gasteiger partial charge in [0.2, 0.25) is 17.4 Å². The molecule has 53 heavy (non-hydrogen) atoms. The first-order chi connectivity index (χ1) is 25.5. The SMILES string of the molecule is CC(C)(C)c1cc(-c2ccc3c(c2)-c2cccc[n+]2C=C2c4cc5c6ccccc6c6ccccc6c5cc4-c4cccc[n+]4C23)cc(C(C)(C)C)c1. The van der Waals surface area contributed by atoms with Crippen molar-refractivity contribution >= 4 is 44.1 Å². The van der Waals surface area contributed by atoms with Gasteiger partial charge >= 0.3 is 0 Å². The number of aromatic nitrogens is 2. The highest BCUT2D eigenvalue weighted by Gasteiger charge is 2.43. The highest BCUT2D eigenvalue weighted by atomic mass is 15.0. The van der Waals surface area contributed by atoms with Crippen LogP contribution in [0.1, 0.15) is 69.8 Å². The molecule has 4 heterocycles. The van der Waals surface area contributed by atoms with Crippen LogP contribution in [0.5, 0.6) is 0 Å². The Bertz CT molecular complexity index is 2830. The van der Waals surface area contributed by atoms with E-state index in [1.807, 2.05) is 0 Å². The van der Waals surface area contributed by atoms with Crippen molar-refractivity contribution in [1.82, 2.24) is 0 Å². The summed E-state index contributed by atoms with van der Waals surface area (Å²) in [5.41, 5.74) is 14.2. The Balaban J connectivity index is 1.26. The molecule has 0 spiro atoms. The topological polar surface area (TPSA) is 7.76 Å². The summed E-state index contributed by atoms with van der Waals surface area (Å²) in [5, 5.41) is 7.79. The largest absolute Gasteiger partial charge is 0.218 e. The summed E-state index contributed by atoms with van der Waals surface area (Å²) < 4.78 is 4.86. The maximum atomic E-state index is 2.51. The van der Waals surface area contributed by atoms with Crippen LogP contribution in [0, 0.1) is 0 Å². The molecule has 8 aromatic rings.